The Morgan fingerprint density at radius 1 is 0.872 bits per heavy atom. The smallest absolute Gasteiger partial charge is 0.318 e. The number of aliphatic hydroxyl groups excluding tert-OH is 1. The lowest BCUT2D eigenvalue weighted by Crippen LogP contribution is -2.59. The molecule has 258 valence electrons. The highest BCUT2D eigenvalue weighted by Gasteiger charge is 2.32. The average molecular weight is 649 g/mol. The molecule has 10 heteroatoms. The molecule has 4 rings (SSSR count). The number of carbonyl (C=O) groups excluding carboxylic acids is 3. The van der Waals surface area contributed by atoms with Gasteiger partial charge >= 0.3 is 6.03 Å². The summed E-state index contributed by atoms with van der Waals surface area (Å²) in [7, 11) is 2.03. The molecule has 1 aromatic carbocycles. The number of urea groups is 1. The van der Waals surface area contributed by atoms with Crippen LogP contribution in [0.15, 0.2) is 54.7 Å². The maximum atomic E-state index is 13.9. The second-order valence-corrected chi connectivity index (χ2v) is 13.5. The van der Waals surface area contributed by atoms with Gasteiger partial charge in [-0.2, -0.15) is 0 Å². The Balaban J connectivity index is 1.42. The molecule has 0 bridgehead atoms. The quantitative estimate of drug-likeness (QED) is 0.217. The van der Waals surface area contributed by atoms with Gasteiger partial charge in [-0.05, 0) is 62.8 Å². The summed E-state index contributed by atoms with van der Waals surface area (Å²) in [5.41, 5.74) is 1.91. The van der Waals surface area contributed by atoms with Crippen LogP contribution in [0.25, 0.3) is 0 Å². The second kappa shape index (κ2) is 19.4. The molecule has 2 heterocycles. The number of piperazine rings is 1. The molecule has 1 aromatic heterocycles. The number of pyridine rings is 1. The van der Waals surface area contributed by atoms with Crippen molar-refractivity contribution < 1.29 is 19.5 Å². The Bertz CT molecular complexity index is 1220. The number of aromatic nitrogens is 1. The monoisotopic (exact) mass is 648 g/mol. The van der Waals surface area contributed by atoms with Gasteiger partial charge in [-0.1, -0.05) is 81.8 Å². The van der Waals surface area contributed by atoms with E-state index in [2.05, 4.69) is 25.8 Å². The minimum absolute atomic E-state index is 0.271. The van der Waals surface area contributed by atoms with Gasteiger partial charge in [-0.3, -0.25) is 14.6 Å². The van der Waals surface area contributed by atoms with Gasteiger partial charge in [0.1, 0.15) is 12.1 Å². The predicted octanol–water partition coefficient (Wildman–Crippen LogP) is 4.07. The number of nitrogens with zero attached hydrogens (tertiary/aromatic N) is 3. The predicted molar refractivity (Wildman–Crippen MR) is 185 cm³/mol. The first-order valence-corrected chi connectivity index (χ1v) is 17.8. The summed E-state index contributed by atoms with van der Waals surface area (Å²) in [5.74, 6) is -0.211. The average Bonchev–Trinajstić information content (AvgIpc) is 3.09. The van der Waals surface area contributed by atoms with Crippen molar-refractivity contribution in [1.82, 2.24) is 30.7 Å². The van der Waals surface area contributed by atoms with Crippen molar-refractivity contribution in [2.75, 3.05) is 33.2 Å². The minimum Gasteiger partial charge on any atom is -0.391 e. The van der Waals surface area contributed by atoms with E-state index in [1.54, 1.807) is 11.1 Å². The first kappa shape index (κ1) is 36.3. The fourth-order valence-corrected chi connectivity index (χ4v) is 6.76. The van der Waals surface area contributed by atoms with Crippen molar-refractivity contribution in [2.24, 2.45) is 5.92 Å². The van der Waals surface area contributed by atoms with Crippen LogP contribution in [0.5, 0.6) is 0 Å². The van der Waals surface area contributed by atoms with Crippen molar-refractivity contribution in [2.45, 2.75) is 108 Å². The van der Waals surface area contributed by atoms with Crippen molar-refractivity contribution in [3.8, 4) is 0 Å². The van der Waals surface area contributed by atoms with Crippen molar-refractivity contribution in [1.29, 1.82) is 0 Å². The van der Waals surface area contributed by atoms with E-state index in [0.717, 1.165) is 56.5 Å². The van der Waals surface area contributed by atoms with Crippen molar-refractivity contribution in [3.05, 3.63) is 66.0 Å². The first-order chi connectivity index (χ1) is 22.8. The van der Waals surface area contributed by atoms with E-state index in [1.807, 2.05) is 62.5 Å². The maximum absolute atomic E-state index is 13.9. The molecule has 10 nitrogen and oxygen atoms in total. The summed E-state index contributed by atoms with van der Waals surface area (Å²) in [4.78, 5) is 49.2. The number of rotatable bonds is 16. The topological polar surface area (TPSA) is 127 Å². The number of benzene rings is 1. The first-order valence-electron chi connectivity index (χ1n) is 17.8. The lowest BCUT2D eigenvalue weighted by molar-refractivity contribution is -0.131. The highest BCUT2D eigenvalue weighted by molar-refractivity contribution is 5.92. The highest BCUT2D eigenvalue weighted by Crippen LogP contribution is 2.28. The van der Waals surface area contributed by atoms with E-state index in [4.69, 9.17) is 0 Å². The lowest BCUT2D eigenvalue weighted by atomic mass is 9.83. The van der Waals surface area contributed by atoms with Crippen LogP contribution in [0.3, 0.4) is 0 Å². The van der Waals surface area contributed by atoms with Gasteiger partial charge in [-0.15, -0.1) is 0 Å². The molecule has 0 spiro atoms. The zero-order valence-electron chi connectivity index (χ0n) is 28.4. The third kappa shape index (κ3) is 12.2. The molecule has 0 unspecified atom stereocenters. The molecule has 47 heavy (non-hydrogen) atoms. The van der Waals surface area contributed by atoms with E-state index in [0.29, 0.717) is 44.7 Å². The minimum atomic E-state index is -0.841. The Kier molecular flexibility index (Phi) is 15.0. The SMILES string of the molecule is CCC[C@H](NC(=O)[C@H](Cc1ccccc1)NC(=O)N1CCN(C)CC1)C(=O)N[C@@H](CC1CCCCC1)[C@@H](O)CCCc1ccccn1. The van der Waals surface area contributed by atoms with Crippen LogP contribution in [0, 0.1) is 5.92 Å². The molecule has 4 N–H and O–H groups in total. The Labute approximate surface area is 281 Å². The summed E-state index contributed by atoms with van der Waals surface area (Å²) in [6.07, 6.45) is 11.1. The maximum Gasteiger partial charge on any atom is 0.318 e. The number of amides is 4. The van der Waals surface area contributed by atoms with Crippen LogP contribution in [-0.4, -0.2) is 95.2 Å². The van der Waals surface area contributed by atoms with Gasteiger partial charge < -0.3 is 30.9 Å². The molecule has 1 aliphatic carbocycles. The zero-order valence-corrected chi connectivity index (χ0v) is 28.4. The van der Waals surface area contributed by atoms with Crippen LogP contribution in [0.2, 0.25) is 0 Å². The fraction of sp³-hybridized carbons (Fsp3) is 0.622. The second-order valence-electron chi connectivity index (χ2n) is 13.5. The third-order valence-corrected chi connectivity index (χ3v) is 9.66. The van der Waals surface area contributed by atoms with Gasteiger partial charge in [0.25, 0.3) is 0 Å². The number of aliphatic hydroxyl groups is 1. The van der Waals surface area contributed by atoms with Crippen molar-refractivity contribution >= 4 is 17.8 Å². The third-order valence-electron chi connectivity index (χ3n) is 9.66. The Morgan fingerprint density at radius 3 is 2.26 bits per heavy atom. The molecule has 1 saturated heterocycles. The molecule has 1 aliphatic heterocycles. The van der Waals surface area contributed by atoms with Crippen LogP contribution < -0.4 is 16.0 Å². The fourth-order valence-electron chi connectivity index (χ4n) is 6.76. The van der Waals surface area contributed by atoms with Gasteiger partial charge in [-0.25, -0.2) is 4.79 Å². The standard InChI is InChI=1S/C37H56N6O4/c1-3-13-31(39-36(46)33(27-29-16-8-5-9-17-29)41-37(47)43-24-22-42(2)23-25-43)35(45)40-32(26-28-14-6-4-7-15-28)34(44)20-12-19-30-18-10-11-21-38-30/h5,8-11,16-18,21,28,31-34,44H,3-4,6-7,12-15,19-20,22-27H2,1-2H3,(H,39,46)(H,40,45)(H,41,47)/t31-,32-,33-,34-/m0/s1. The van der Waals surface area contributed by atoms with E-state index in [-0.39, 0.29) is 17.8 Å². The molecule has 2 fully saturated rings. The summed E-state index contributed by atoms with van der Waals surface area (Å²) in [5, 5.41) is 20.5. The molecule has 4 atom stereocenters. The molecule has 0 radical (unpaired) electrons. The summed E-state index contributed by atoms with van der Waals surface area (Å²) >= 11 is 0. The van der Waals surface area contributed by atoms with E-state index in [9.17, 15) is 19.5 Å². The van der Waals surface area contributed by atoms with Gasteiger partial charge in [0.2, 0.25) is 11.8 Å². The number of carbonyl (C=O) groups is 3. The number of hydrogen-bond donors (Lipinski definition) is 4. The summed E-state index contributed by atoms with van der Waals surface area (Å²) < 4.78 is 0. The molecule has 2 aliphatic rings. The van der Waals surface area contributed by atoms with E-state index >= 15 is 0 Å². The highest BCUT2D eigenvalue weighted by atomic mass is 16.3. The lowest BCUT2D eigenvalue weighted by Gasteiger charge is -2.34. The van der Waals surface area contributed by atoms with Crippen molar-refractivity contribution in [3.63, 3.8) is 0 Å². The van der Waals surface area contributed by atoms with E-state index in [1.165, 1.54) is 19.3 Å². The number of hydrogen-bond acceptors (Lipinski definition) is 6. The number of likely N-dealkylation sites (N-methyl/N-ethyl adjacent to an activating group) is 1. The van der Waals surface area contributed by atoms with Crippen LogP contribution in [-0.2, 0) is 22.4 Å². The normalized spacial score (nSPS) is 18.5. The molecule has 1 saturated carbocycles. The Morgan fingerprint density at radius 2 is 1.57 bits per heavy atom. The molecule has 2 aromatic rings. The number of aryl methyl sites for hydroxylation is 1. The van der Waals surface area contributed by atoms with Gasteiger partial charge in [0.15, 0.2) is 0 Å². The zero-order chi connectivity index (χ0) is 33.4. The molecular weight excluding hydrogens is 592 g/mol. The van der Waals surface area contributed by atoms with E-state index < -0.39 is 24.2 Å². The van der Waals surface area contributed by atoms with Crippen LogP contribution in [0.4, 0.5) is 4.79 Å². The number of nitrogens with one attached hydrogen (secondary N) is 3. The largest absolute Gasteiger partial charge is 0.391 e. The van der Waals surface area contributed by atoms with Crippen LogP contribution >= 0.6 is 0 Å². The Hall–Kier alpha value is -3.50. The molecular formula is C37H56N6O4. The van der Waals surface area contributed by atoms with Gasteiger partial charge in [0.05, 0.1) is 12.1 Å². The van der Waals surface area contributed by atoms with Crippen LogP contribution in [0.1, 0.15) is 82.4 Å². The summed E-state index contributed by atoms with van der Waals surface area (Å²) in [6.45, 7) is 4.72. The molecule has 4 amide bonds. The summed E-state index contributed by atoms with van der Waals surface area (Å²) in [6, 6.07) is 13.2. The van der Waals surface area contributed by atoms with Gasteiger partial charge in [0, 0.05) is 44.5 Å².